The van der Waals surface area contributed by atoms with Crippen molar-refractivity contribution in [2.24, 2.45) is 50.2 Å². The lowest BCUT2D eigenvalue weighted by Gasteiger charge is -2.71. The molecule has 0 aromatic heterocycles. The van der Waals surface area contributed by atoms with Crippen LogP contribution in [0.25, 0.3) is 0 Å². The topological polar surface area (TPSA) is 489 Å². The van der Waals surface area contributed by atoms with Gasteiger partial charge in [0.1, 0.15) is 115 Å². The summed E-state index contributed by atoms with van der Waals surface area (Å²) in [6, 6.07) is 0. The SMILES string of the molecule is C[C@@H]1O[C@@H](O[C@@H]2[C@@H](OC(=O)[C@]34CCC(C)(C)C[C@H]3C3=CC[C@@H]5[C@@]6(C)CC[C@H](O[C@@H]7O[C@H](C(=O)O)[C@@H](O)[C@H](O)[C@H]7O)C(C)(C)[C@@H]6CC[C@@]5(C)[C@]3(C)C[C@H]4O)OC[C@H](O)[C@H]2O[C@@H]2OC(CO)[C@@H](O)[C@H](O)[C@H]2O)[C@H](O)[C@H](O)[C@H]1O[C@@H]1OC[C@@H](O)[C@H](O[C@@H]2OC[C@@H](O)[C@H](O)[C@H]2O)[C@H]1O. The van der Waals surface area contributed by atoms with Crippen LogP contribution in [-0.2, 0) is 66.4 Å². The van der Waals surface area contributed by atoms with Crippen molar-refractivity contribution in [3.8, 4) is 0 Å². The van der Waals surface area contributed by atoms with Gasteiger partial charge in [0.05, 0.1) is 44.7 Å². The fraction of sp³-hybridized carbons (Fsp3) is 0.937. The van der Waals surface area contributed by atoms with E-state index in [2.05, 4.69) is 54.5 Å². The lowest BCUT2D eigenvalue weighted by Crippen LogP contribution is -2.68. The van der Waals surface area contributed by atoms with E-state index in [4.69, 9.17) is 56.8 Å². The van der Waals surface area contributed by atoms with E-state index >= 15 is 4.79 Å². The normalized spacial score (nSPS) is 54.2. The highest BCUT2D eigenvalue weighted by atomic mass is 16.8. The Labute approximate surface area is 543 Å². The van der Waals surface area contributed by atoms with E-state index in [1.54, 1.807) is 0 Å². The van der Waals surface area contributed by atoms with Gasteiger partial charge >= 0.3 is 11.9 Å². The summed E-state index contributed by atoms with van der Waals surface area (Å²) in [5.74, 6) is -2.99. The number of carboxylic acid groups (broad SMARTS) is 1. The maximum absolute atomic E-state index is 15.9. The number of carbonyl (C=O) groups is 2. The van der Waals surface area contributed by atoms with Gasteiger partial charge < -0.3 is 144 Å². The smallest absolute Gasteiger partial charge is 0.335 e. The number of rotatable bonds is 14. The van der Waals surface area contributed by atoms with Gasteiger partial charge in [0.2, 0.25) is 6.29 Å². The van der Waals surface area contributed by atoms with Crippen molar-refractivity contribution in [3.63, 3.8) is 0 Å². The number of aliphatic hydroxyl groups excluding tert-OH is 16. The number of hydrogen-bond acceptors (Lipinski definition) is 30. The summed E-state index contributed by atoms with van der Waals surface area (Å²) in [5.41, 5.74) is -3.11. The Morgan fingerprint density at radius 2 is 1.07 bits per heavy atom. The molecule has 0 aromatic carbocycles. The number of hydrogen-bond donors (Lipinski definition) is 17. The predicted molar refractivity (Wildman–Crippen MR) is 311 cm³/mol. The van der Waals surface area contributed by atoms with E-state index < -0.39 is 244 Å². The van der Waals surface area contributed by atoms with Crippen LogP contribution in [0.5, 0.6) is 0 Å². The molecule has 11 aliphatic rings. The van der Waals surface area contributed by atoms with Crippen LogP contribution in [0.3, 0.4) is 0 Å². The minimum atomic E-state index is -2.11. The standard InChI is InChI=1S/C63H100O31/c1-23-45(89-52-44(79)46(27(66)21-84-52)90-51-40(75)34(69)26(65)20-83-51)39(74)43(78)53(86-23)93-49-47(91-54-41(76)36(71)35(70)29(19-64)87-54)28(67)22-85-56(49)94-57(82)63-16-15-58(2,3)17-25(63)24-9-10-31-60(6)13-12-33(88-55-42(77)37(72)38(73)48(92-55)50(80)81)59(4,5)30(60)11-14-61(31,7)62(24,8)18-32(63)68/h9,23,25-49,51-56,64-79H,10-22H2,1-8H3,(H,80,81)/t23-,25-,26+,27+,28-,29?,30-,31+,32+,33-,34-,35+,36-,37-,38-,39-,40+,41+,42+,43+,44+,45-,46-,47+,48-,49-,51-,52-,53-,54-,55+,56+,60-,61+,62+,63+/m0/s1. The van der Waals surface area contributed by atoms with Gasteiger partial charge in [0.25, 0.3) is 0 Å². The molecule has 11 rings (SSSR count). The van der Waals surface area contributed by atoms with Crippen LogP contribution >= 0.6 is 0 Å². The Kier molecular flexibility index (Phi) is 20.8. The lowest BCUT2D eigenvalue weighted by atomic mass is 9.33. The number of ether oxygens (including phenoxy) is 12. The Balaban J connectivity index is 0.852. The Hall–Kier alpha value is -2.40. The molecule has 0 amide bonds. The second kappa shape index (κ2) is 26.8. The minimum Gasteiger partial charge on any atom is -0.479 e. The molecule has 94 heavy (non-hydrogen) atoms. The predicted octanol–water partition coefficient (Wildman–Crippen LogP) is -4.38. The molecule has 31 heteroatoms. The number of carbonyl (C=O) groups excluding carboxylic acids is 1. The summed E-state index contributed by atoms with van der Waals surface area (Å²) in [7, 11) is 0. The summed E-state index contributed by atoms with van der Waals surface area (Å²) >= 11 is 0. The van der Waals surface area contributed by atoms with Gasteiger partial charge in [-0.15, -0.1) is 0 Å². The number of aliphatic carboxylic acids is 1. The van der Waals surface area contributed by atoms with Gasteiger partial charge in [-0.25, -0.2) is 4.79 Å². The third-order valence-electron chi connectivity index (χ3n) is 24.4. The summed E-state index contributed by atoms with van der Waals surface area (Å²) in [4.78, 5) is 27.9. The summed E-state index contributed by atoms with van der Waals surface area (Å²) in [5, 5.41) is 186. The Morgan fingerprint density at radius 1 is 0.521 bits per heavy atom. The number of allylic oxidation sites excluding steroid dienone is 2. The molecule has 538 valence electrons. The molecular formula is C63H100O31. The third kappa shape index (κ3) is 12.3. The number of aliphatic hydroxyl groups is 16. The highest BCUT2D eigenvalue weighted by Crippen LogP contribution is 2.76. The molecule has 0 bridgehead atoms. The molecular weight excluding hydrogens is 1250 g/mol. The van der Waals surface area contributed by atoms with Crippen LogP contribution in [0, 0.1) is 50.2 Å². The highest BCUT2D eigenvalue weighted by Gasteiger charge is 2.72. The highest BCUT2D eigenvalue weighted by molar-refractivity contribution is 5.80. The molecule has 1 unspecified atom stereocenters. The minimum absolute atomic E-state index is 0.0157. The van der Waals surface area contributed by atoms with E-state index in [0.717, 1.165) is 5.57 Å². The number of esters is 1. The fourth-order valence-corrected chi connectivity index (χ4v) is 18.7. The molecule has 0 spiro atoms. The van der Waals surface area contributed by atoms with E-state index in [9.17, 15) is 91.6 Å². The van der Waals surface area contributed by atoms with Crippen LogP contribution in [0.15, 0.2) is 11.6 Å². The Bertz CT molecular complexity index is 2710. The zero-order valence-corrected chi connectivity index (χ0v) is 54.1. The molecule has 36 atom stereocenters. The molecule has 6 aliphatic heterocycles. The Morgan fingerprint density at radius 3 is 1.73 bits per heavy atom. The average Bonchev–Trinajstić information content (AvgIpc) is 0.672. The molecule has 17 N–H and O–H groups in total. The number of fused-ring (bicyclic) bond motifs is 7. The maximum Gasteiger partial charge on any atom is 0.335 e. The van der Waals surface area contributed by atoms with Gasteiger partial charge in [-0.2, -0.15) is 0 Å². The second-order valence-corrected chi connectivity index (χ2v) is 30.7. The van der Waals surface area contributed by atoms with E-state index in [1.165, 1.54) is 6.92 Å². The van der Waals surface area contributed by atoms with Crippen molar-refractivity contribution in [3.05, 3.63) is 11.6 Å². The van der Waals surface area contributed by atoms with Gasteiger partial charge in [-0.05, 0) is 110 Å². The van der Waals surface area contributed by atoms with Crippen LogP contribution in [0.2, 0.25) is 0 Å². The van der Waals surface area contributed by atoms with E-state index in [1.807, 2.05) is 0 Å². The van der Waals surface area contributed by atoms with Crippen molar-refractivity contribution in [2.45, 2.75) is 291 Å². The van der Waals surface area contributed by atoms with Gasteiger partial charge in [-0.3, -0.25) is 4.79 Å². The van der Waals surface area contributed by atoms with Crippen LogP contribution in [-0.4, -0.2) is 303 Å². The van der Waals surface area contributed by atoms with Crippen molar-refractivity contribution in [1.29, 1.82) is 0 Å². The molecule has 6 heterocycles. The summed E-state index contributed by atoms with van der Waals surface area (Å²) in [6.45, 7) is 14.0. The van der Waals surface area contributed by atoms with Gasteiger partial charge in [0, 0.05) is 0 Å². The van der Waals surface area contributed by atoms with Crippen LogP contribution in [0.4, 0.5) is 0 Å². The van der Waals surface area contributed by atoms with Crippen molar-refractivity contribution >= 4 is 11.9 Å². The van der Waals surface area contributed by atoms with Crippen molar-refractivity contribution in [1.82, 2.24) is 0 Å². The molecule has 0 aromatic rings. The van der Waals surface area contributed by atoms with E-state index in [0.29, 0.717) is 44.9 Å². The lowest BCUT2D eigenvalue weighted by molar-refractivity contribution is -0.388. The first-order chi connectivity index (χ1) is 44.0. The molecule has 0 radical (unpaired) electrons. The molecule has 5 aliphatic carbocycles. The first-order valence-electron chi connectivity index (χ1n) is 33.0. The monoisotopic (exact) mass is 1350 g/mol. The largest absolute Gasteiger partial charge is 0.479 e. The maximum atomic E-state index is 15.9. The number of carboxylic acids is 1. The quantitative estimate of drug-likeness (QED) is 0.0444. The molecule has 4 saturated carbocycles. The second-order valence-electron chi connectivity index (χ2n) is 30.7. The first kappa shape index (κ1) is 72.8. The van der Waals surface area contributed by atoms with E-state index in [-0.39, 0.29) is 35.5 Å². The van der Waals surface area contributed by atoms with Gasteiger partial charge in [0.15, 0.2) is 43.7 Å². The van der Waals surface area contributed by atoms with Crippen LogP contribution in [0.1, 0.15) is 113 Å². The first-order valence-corrected chi connectivity index (χ1v) is 33.0. The zero-order valence-electron chi connectivity index (χ0n) is 54.1. The van der Waals surface area contributed by atoms with Crippen molar-refractivity contribution < 1.29 is 153 Å². The summed E-state index contributed by atoms with van der Waals surface area (Å²) < 4.78 is 71.6. The molecule has 10 fully saturated rings. The molecule has 6 saturated heterocycles. The third-order valence-corrected chi connectivity index (χ3v) is 24.4. The molecule has 31 nitrogen and oxygen atoms in total. The zero-order chi connectivity index (χ0) is 68.6. The van der Waals surface area contributed by atoms with Crippen molar-refractivity contribution in [2.75, 3.05) is 26.4 Å². The fourth-order valence-electron chi connectivity index (χ4n) is 18.7. The van der Waals surface area contributed by atoms with Crippen LogP contribution < -0.4 is 0 Å². The van der Waals surface area contributed by atoms with Gasteiger partial charge in [-0.1, -0.05) is 60.1 Å². The summed E-state index contributed by atoms with van der Waals surface area (Å²) in [6.07, 6.45) is -43.0. The average molecular weight is 1350 g/mol.